The molecule has 2 aromatic rings. The number of anilines is 1. The average Bonchev–Trinajstić information content (AvgIpc) is 2.67. The Kier molecular flexibility index (Phi) is 3.84. The van der Waals surface area contributed by atoms with Gasteiger partial charge in [0.2, 0.25) is 5.95 Å². The number of halogens is 2. The number of aromatic nitrogens is 2. The average molecular weight is 302 g/mol. The molecule has 0 spiro atoms. The van der Waals surface area contributed by atoms with Crippen molar-refractivity contribution in [1.29, 1.82) is 0 Å². The van der Waals surface area contributed by atoms with Crippen molar-refractivity contribution in [3.63, 3.8) is 0 Å². The van der Waals surface area contributed by atoms with Crippen LogP contribution in [0.15, 0.2) is 28.3 Å². The summed E-state index contributed by atoms with van der Waals surface area (Å²) in [5.74, 6) is 0.0322. The van der Waals surface area contributed by atoms with Crippen LogP contribution in [0.4, 0.5) is 10.3 Å². The second-order valence-electron chi connectivity index (χ2n) is 3.11. The van der Waals surface area contributed by atoms with Gasteiger partial charge in [-0.2, -0.15) is 0 Å². The van der Waals surface area contributed by atoms with Gasteiger partial charge in [-0.1, -0.05) is 0 Å². The highest BCUT2D eigenvalue weighted by Gasteiger charge is 1.99. The Balaban J connectivity index is 1.82. The lowest BCUT2D eigenvalue weighted by atomic mass is 10.3. The Morgan fingerprint density at radius 2 is 2.06 bits per heavy atom. The minimum absolute atomic E-state index is 0.423. The summed E-state index contributed by atoms with van der Waals surface area (Å²) in [4.78, 5) is 8.90. The lowest BCUT2D eigenvalue weighted by molar-refractivity contribution is 0.614. The van der Waals surface area contributed by atoms with Gasteiger partial charge in [-0.3, -0.25) is 0 Å². The molecule has 0 aromatic carbocycles. The number of hydrogen-bond acceptors (Lipinski definition) is 4. The Morgan fingerprint density at radius 3 is 2.69 bits per heavy atom. The fourth-order valence-corrected chi connectivity index (χ4v) is 2.67. The Hall–Kier alpha value is -1.01. The number of nitrogens with one attached hydrogen (secondary N) is 1. The van der Waals surface area contributed by atoms with Crippen LogP contribution in [-0.4, -0.2) is 16.5 Å². The van der Waals surface area contributed by atoms with E-state index in [4.69, 9.17) is 0 Å². The van der Waals surface area contributed by atoms with Crippen LogP contribution in [0.5, 0.6) is 0 Å². The first kappa shape index (κ1) is 11.5. The van der Waals surface area contributed by atoms with E-state index in [9.17, 15) is 4.39 Å². The summed E-state index contributed by atoms with van der Waals surface area (Å²) in [6.07, 6.45) is 3.20. The van der Waals surface area contributed by atoms with Crippen LogP contribution in [0, 0.1) is 5.82 Å². The molecular formula is C10H9BrFN3S. The Labute approximate surface area is 105 Å². The second kappa shape index (κ2) is 5.36. The normalized spacial score (nSPS) is 10.4. The molecule has 0 unspecified atom stereocenters. The third kappa shape index (κ3) is 3.24. The molecule has 2 aromatic heterocycles. The molecule has 3 nitrogen and oxygen atoms in total. The summed E-state index contributed by atoms with van der Waals surface area (Å²) in [7, 11) is 0. The zero-order chi connectivity index (χ0) is 11.4. The van der Waals surface area contributed by atoms with E-state index in [1.165, 1.54) is 4.88 Å². The van der Waals surface area contributed by atoms with E-state index in [-0.39, 0.29) is 0 Å². The molecule has 0 amide bonds. The number of rotatable bonds is 4. The van der Waals surface area contributed by atoms with Gasteiger partial charge in [0.05, 0.1) is 16.2 Å². The molecular weight excluding hydrogens is 293 g/mol. The fraction of sp³-hybridized carbons (Fsp3) is 0.200. The maximum absolute atomic E-state index is 12.5. The standard InChI is InChI=1S/C10H9BrFN3S/c11-9-2-1-8(16-9)3-4-13-10-14-5-7(12)6-15-10/h1-2,5-6H,3-4H2,(H,13,14,15). The quantitative estimate of drug-likeness (QED) is 0.943. The van der Waals surface area contributed by atoms with Crippen molar-refractivity contribution in [2.45, 2.75) is 6.42 Å². The van der Waals surface area contributed by atoms with Gasteiger partial charge >= 0.3 is 0 Å². The third-order valence-electron chi connectivity index (χ3n) is 1.90. The monoisotopic (exact) mass is 301 g/mol. The topological polar surface area (TPSA) is 37.8 Å². The van der Waals surface area contributed by atoms with E-state index in [1.54, 1.807) is 11.3 Å². The van der Waals surface area contributed by atoms with Crippen LogP contribution in [0.1, 0.15) is 4.88 Å². The molecule has 2 heterocycles. The Bertz CT molecular complexity index is 457. The molecule has 0 aliphatic heterocycles. The first-order valence-corrected chi connectivity index (χ1v) is 6.30. The van der Waals surface area contributed by atoms with Crippen molar-refractivity contribution in [3.05, 3.63) is 39.0 Å². The fourth-order valence-electron chi connectivity index (χ4n) is 1.19. The summed E-state index contributed by atoms with van der Waals surface area (Å²) in [6, 6.07) is 4.09. The van der Waals surface area contributed by atoms with E-state index >= 15 is 0 Å². The van der Waals surface area contributed by atoms with Crippen LogP contribution in [0.25, 0.3) is 0 Å². The van der Waals surface area contributed by atoms with E-state index in [0.717, 1.165) is 29.1 Å². The van der Waals surface area contributed by atoms with Crippen LogP contribution < -0.4 is 5.32 Å². The molecule has 0 aliphatic rings. The zero-order valence-electron chi connectivity index (χ0n) is 8.28. The number of hydrogen-bond donors (Lipinski definition) is 1. The molecule has 0 aliphatic carbocycles. The van der Waals surface area contributed by atoms with Crippen molar-refractivity contribution in [2.75, 3.05) is 11.9 Å². The summed E-state index contributed by atoms with van der Waals surface area (Å²) >= 11 is 5.11. The second-order valence-corrected chi connectivity index (χ2v) is 5.66. The maximum atomic E-state index is 12.5. The molecule has 1 N–H and O–H groups in total. The molecule has 0 saturated carbocycles. The van der Waals surface area contributed by atoms with Gasteiger partial charge in [0.15, 0.2) is 5.82 Å². The number of thiophene rings is 1. The third-order valence-corrected chi connectivity index (χ3v) is 3.59. The summed E-state index contributed by atoms with van der Waals surface area (Å²) in [6.45, 7) is 0.735. The van der Waals surface area contributed by atoms with Crippen molar-refractivity contribution >= 4 is 33.2 Å². The van der Waals surface area contributed by atoms with Gasteiger partial charge in [-0.25, -0.2) is 14.4 Å². The van der Waals surface area contributed by atoms with Gasteiger partial charge in [0.25, 0.3) is 0 Å². The van der Waals surface area contributed by atoms with Gasteiger partial charge in [-0.05, 0) is 34.5 Å². The summed E-state index contributed by atoms with van der Waals surface area (Å²) in [5, 5.41) is 3.03. The van der Waals surface area contributed by atoms with Crippen molar-refractivity contribution in [2.24, 2.45) is 0 Å². The molecule has 16 heavy (non-hydrogen) atoms. The summed E-state index contributed by atoms with van der Waals surface area (Å²) in [5.41, 5.74) is 0. The minimum atomic E-state index is -0.423. The smallest absolute Gasteiger partial charge is 0.222 e. The minimum Gasteiger partial charge on any atom is -0.354 e. The van der Waals surface area contributed by atoms with Gasteiger partial charge < -0.3 is 5.32 Å². The van der Waals surface area contributed by atoms with Gasteiger partial charge in [0.1, 0.15) is 0 Å². The SMILES string of the molecule is Fc1cnc(NCCc2ccc(Br)s2)nc1. The molecule has 84 valence electrons. The Morgan fingerprint density at radius 1 is 1.31 bits per heavy atom. The highest BCUT2D eigenvalue weighted by Crippen LogP contribution is 2.22. The van der Waals surface area contributed by atoms with Gasteiger partial charge in [0, 0.05) is 11.4 Å². The van der Waals surface area contributed by atoms with E-state index in [1.807, 2.05) is 6.07 Å². The van der Waals surface area contributed by atoms with Crippen molar-refractivity contribution in [3.8, 4) is 0 Å². The summed E-state index contributed by atoms with van der Waals surface area (Å²) < 4.78 is 13.6. The van der Waals surface area contributed by atoms with Crippen LogP contribution in [0.3, 0.4) is 0 Å². The van der Waals surface area contributed by atoms with Crippen molar-refractivity contribution < 1.29 is 4.39 Å². The largest absolute Gasteiger partial charge is 0.354 e. The van der Waals surface area contributed by atoms with Crippen LogP contribution in [-0.2, 0) is 6.42 Å². The van der Waals surface area contributed by atoms with Crippen LogP contribution in [0.2, 0.25) is 0 Å². The molecule has 0 fully saturated rings. The van der Waals surface area contributed by atoms with Crippen molar-refractivity contribution in [1.82, 2.24) is 9.97 Å². The highest BCUT2D eigenvalue weighted by molar-refractivity contribution is 9.11. The predicted molar refractivity (Wildman–Crippen MR) is 66.2 cm³/mol. The lowest BCUT2D eigenvalue weighted by Gasteiger charge is -2.02. The molecule has 6 heteroatoms. The highest BCUT2D eigenvalue weighted by atomic mass is 79.9. The zero-order valence-corrected chi connectivity index (χ0v) is 10.7. The van der Waals surface area contributed by atoms with E-state index < -0.39 is 5.82 Å². The lowest BCUT2D eigenvalue weighted by Crippen LogP contribution is -2.07. The van der Waals surface area contributed by atoms with Gasteiger partial charge in [-0.15, -0.1) is 11.3 Å². The molecule has 0 bridgehead atoms. The van der Waals surface area contributed by atoms with Crippen LogP contribution >= 0.6 is 27.3 Å². The molecule has 2 rings (SSSR count). The molecule has 0 radical (unpaired) electrons. The van der Waals surface area contributed by atoms with E-state index in [0.29, 0.717) is 5.95 Å². The molecule has 0 saturated heterocycles. The first-order valence-electron chi connectivity index (χ1n) is 4.69. The first-order chi connectivity index (χ1) is 7.74. The van der Waals surface area contributed by atoms with E-state index in [2.05, 4.69) is 37.3 Å². The molecule has 0 atom stereocenters. The number of nitrogens with zero attached hydrogens (tertiary/aromatic N) is 2. The predicted octanol–water partition coefficient (Wildman–Crippen LogP) is 3.09. The maximum Gasteiger partial charge on any atom is 0.222 e.